The van der Waals surface area contributed by atoms with Crippen LogP contribution in [0, 0.1) is 0 Å². The monoisotopic (exact) mass is 934 g/mol. The first-order chi connectivity index (χ1) is 32.3. The molecule has 388 valence electrons. The summed E-state index contributed by atoms with van der Waals surface area (Å²) in [4.78, 5) is 13.0. The van der Waals surface area contributed by atoms with Gasteiger partial charge in [-0.3, -0.25) is 4.79 Å². The maximum absolute atomic E-state index is 13.0. The van der Waals surface area contributed by atoms with Crippen molar-refractivity contribution in [2.45, 2.75) is 307 Å². The lowest BCUT2D eigenvalue weighted by Crippen LogP contribution is -2.60. The Balaban J connectivity index is 2.17. The Morgan fingerprint density at radius 3 is 1.30 bits per heavy atom. The highest BCUT2D eigenvalue weighted by Crippen LogP contribution is 2.23. The maximum atomic E-state index is 13.0. The van der Waals surface area contributed by atoms with E-state index in [0.717, 1.165) is 57.8 Å². The van der Waals surface area contributed by atoms with Gasteiger partial charge in [-0.05, 0) is 57.8 Å². The van der Waals surface area contributed by atoms with Gasteiger partial charge in [0.1, 0.15) is 24.4 Å². The molecule has 9 heteroatoms. The second kappa shape index (κ2) is 47.1. The van der Waals surface area contributed by atoms with Gasteiger partial charge in [0, 0.05) is 6.42 Å². The fraction of sp³-hybridized carbons (Fsp3) is 0.877. The van der Waals surface area contributed by atoms with E-state index in [0.29, 0.717) is 6.42 Å². The molecular weight excluding hydrogens is 827 g/mol. The van der Waals surface area contributed by atoms with Crippen LogP contribution in [-0.4, -0.2) is 87.5 Å². The zero-order valence-corrected chi connectivity index (χ0v) is 43.0. The smallest absolute Gasteiger partial charge is 0.220 e. The first-order valence-corrected chi connectivity index (χ1v) is 28.2. The molecule has 0 bridgehead atoms. The molecule has 0 aliphatic carbocycles. The van der Waals surface area contributed by atoms with E-state index in [2.05, 4.69) is 43.5 Å². The summed E-state index contributed by atoms with van der Waals surface area (Å²) >= 11 is 0. The van der Waals surface area contributed by atoms with Gasteiger partial charge in [-0.1, -0.05) is 237 Å². The summed E-state index contributed by atoms with van der Waals surface area (Å²) in [6.07, 6.45) is 53.8. The van der Waals surface area contributed by atoms with Crippen molar-refractivity contribution >= 4 is 5.91 Å². The molecule has 1 rings (SSSR count). The van der Waals surface area contributed by atoms with Gasteiger partial charge in [0.2, 0.25) is 5.91 Å². The van der Waals surface area contributed by atoms with Crippen molar-refractivity contribution in [3.05, 3.63) is 36.5 Å². The van der Waals surface area contributed by atoms with Crippen LogP contribution in [-0.2, 0) is 14.3 Å². The Bertz CT molecular complexity index is 1130. The zero-order chi connectivity index (χ0) is 48.0. The minimum Gasteiger partial charge on any atom is -0.394 e. The van der Waals surface area contributed by atoms with Crippen LogP contribution in [0.2, 0.25) is 0 Å². The standard InChI is InChI=1S/C57H107NO8/c1-3-5-7-9-11-13-15-17-18-19-20-21-22-23-24-25-26-27-28-29-30-31-32-33-34-35-36-38-40-42-44-46-51(60)50(49-65-57-56(64)55(63)54(62)52(48-59)66-57)58-53(61)47-45-43-41-39-37-16-14-12-10-8-6-4-2/h12,14,36,38,44,46,50-52,54-57,59-60,62-64H,3-11,13,15-35,37,39-43,45,47-49H2,1-2H3,(H,58,61)/b14-12-,38-36+,46-44+. The normalized spacial score (nSPS) is 20.0. The molecular formula is C57H107NO8. The number of aliphatic hydroxyl groups excluding tert-OH is 5. The Labute approximate surface area is 406 Å². The van der Waals surface area contributed by atoms with Crippen LogP contribution in [0.3, 0.4) is 0 Å². The molecule has 1 aliphatic rings. The Hall–Kier alpha value is -1.59. The summed E-state index contributed by atoms with van der Waals surface area (Å²) in [6.45, 7) is 3.74. The van der Waals surface area contributed by atoms with Crippen molar-refractivity contribution in [1.29, 1.82) is 0 Å². The summed E-state index contributed by atoms with van der Waals surface area (Å²) in [5.41, 5.74) is 0. The summed E-state index contributed by atoms with van der Waals surface area (Å²) in [5, 5.41) is 54.3. The summed E-state index contributed by atoms with van der Waals surface area (Å²) in [5.74, 6) is -0.196. The Morgan fingerprint density at radius 1 is 0.500 bits per heavy atom. The molecule has 1 fully saturated rings. The topological polar surface area (TPSA) is 149 Å². The van der Waals surface area contributed by atoms with Crippen LogP contribution < -0.4 is 5.32 Å². The van der Waals surface area contributed by atoms with E-state index in [1.807, 2.05) is 6.08 Å². The Morgan fingerprint density at radius 2 is 0.864 bits per heavy atom. The van der Waals surface area contributed by atoms with Crippen LogP contribution in [0.15, 0.2) is 36.5 Å². The molecule has 66 heavy (non-hydrogen) atoms. The lowest BCUT2D eigenvalue weighted by molar-refractivity contribution is -0.302. The number of hydrogen-bond donors (Lipinski definition) is 6. The number of carbonyl (C=O) groups is 1. The molecule has 7 atom stereocenters. The minimum absolute atomic E-state index is 0.196. The van der Waals surface area contributed by atoms with Gasteiger partial charge in [-0.15, -0.1) is 0 Å². The van der Waals surface area contributed by atoms with Gasteiger partial charge in [0.25, 0.3) is 0 Å². The highest BCUT2D eigenvalue weighted by atomic mass is 16.7. The predicted octanol–water partition coefficient (Wildman–Crippen LogP) is 13.6. The maximum Gasteiger partial charge on any atom is 0.220 e. The van der Waals surface area contributed by atoms with Crippen molar-refractivity contribution in [3.8, 4) is 0 Å². The number of allylic oxidation sites excluding steroid dienone is 5. The first kappa shape index (κ1) is 62.4. The van der Waals surface area contributed by atoms with Gasteiger partial charge < -0.3 is 40.3 Å². The molecule has 0 aromatic carbocycles. The van der Waals surface area contributed by atoms with Crippen molar-refractivity contribution in [2.24, 2.45) is 0 Å². The lowest BCUT2D eigenvalue weighted by Gasteiger charge is -2.40. The number of rotatable bonds is 48. The van der Waals surface area contributed by atoms with E-state index in [4.69, 9.17) is 9.47 Å². The fourth-order valence-corrected chi connectivity index (χ4v) is 8.93. The van der Waals surface area contributed by atoms with E-state index >= 15 is 0 Å². The number of amides is 1. The molecule has 0 aromatic heterocycles. The third kappa shape index (κ3) is 36.4. The molecule has 6 N–H and O–H groups in total. The van der Waals surface area contributed by atoms with Crippen molar-refractivity contribution < 1.29 is 39.8 Å². The predicted molar refractivity (Wildman–Crippen MR) is 276 cm³/mol. The molecule has 0 radical (unpaired) electrons. The number of nitrogens with one attached hydrogen (secondary N) is 1. The molecule has 0 saturated carbocycles. The molecule has 0 aromatic rings. The van der Waals surface area contributed by atoms with Crippen LogP contribution >= 0.6 is 0 Å². The van der Waals surface area contributed by atoms with Crippen LogP contribution in [0.25, 0.3) is 0 Å². The fourth-order valence-electron chi connectivity index (χ4n) is 8.93. The lowest BCUT2D eigenvalue weighted by atomic mass is 9.99. The highest BCUT2D eigenvalue weighted by Gasteiger charge is 2.44. The molecule has 1 heterocycles. The van der Waals surface area contributed by atoms with Gasteiger partial charge in [0.15, 0.2) is 6.29 Å². The van der Waals surface area contributed by atoms with Crippen LogP contribution in [0.5, 0.6) is 0 Å². The number of ether oxygens (including phenoxy) is 2. The van der Waals surface area contributed by atoms with Crippen molar-refractivity contribution in [1.82, 2.24) is 5.32 Å². The van der Waals surface area contributed by atoms with E-state index in [-0.39, 0.29) is 12.5 Å². The molecule has 1 saturated heterocycles. The summed E-state index contributed by atoms with van der Waals surface area (Å²) in [6, 6.07) is -0.825. The van der Waals surface area contributed by atoms with E-state index in [1.165, 1.54) is 186 Å². The van der Waals surface area contributed by atoms with Gasteiger partial charge in [-0.2, -0.15) is 0 Å². The number of hydrogen-bond acceptors (Lipinski definition) is 8. The van der Waals surface area contributed by atoms with Gasteiger partial charge >= 0.3 is 0 Å². The second-order valence-corrected chi connectivity index (χ2v) is 19.7. The van der Waals surface area contributed by atoms with E-state index in [1.54, 1.807) is 6.08 Å². The number of unbranched alkanes of at least 4 members (excludes halogenated alkanes) is 34. The average Bonchev–Trinajstić information content (AvgIpc) is 3.32. The van der Waals surface area contributed by atoms with Gasteiger partial charge in [0.05, 0.1) is 25.4 Å². The van der Waals surface area contributed by atoms with Crippen LogP contribution in [0.4, 0.5) is 0 Å². The highest BCUT2D eigenvalue weighted by molar-refractivity contribution is 5.76. The first-order valence-electron chi connectivity index (χ1n) is 28.2. The third-order valence-electron chi connectivity index (χ3n) is 13.4. The zero-order valence-electron chi connectivity index (χ0n) is 43.0. The quantitative estimate of drug-likeness (QED) is 0.0261. The molecule has 7 unspecified atom stereocenters. The molecule has 9 nitrogen and oxygen atoms in total. The molecule has 1 aliphatic heterocycles. The average molecular weight is 934 g/mol. The van der Waals surface area contributed by atoms with Crippen molar-refractivity contribution in [2.75, 3.05) is 13.2 Å². The van der Waals surface area contributed by atoms with E-state index < -0.39 is 49.5 Å². The Kier molecular flexibility index (Phi) is 44.6. The summed E-state index contributed by atoms with van der Waals surface area (Å²) < 4.78 is 11.2. The SMILES string of the molecule is CCCCC/C=C\CCCCCCCC(=O)NC(COC1OC(CO)C(O)C(O)C1O)C(O)/C=C/CC/C=C/CCCCCCCCCCCCCCCCCCCCCCCCCCC. The van der Waals surface area contributed by atoms with Crippen molar-refractivity contribution in [3.63, 3.8) is 0 Å². The summed E-state index contributed by atoms with van der Waals surface area (Å²) in [7, 11) is 0. The second-order valence-electron chi connectivity index (χ2n) is 19.7. The number of carbonyl (C=O) groups excluding carboxylic acids is 1. The molecule has 1 amide bonds. The van der Waals surface area contributed by atoms with E-state index in [9.17, 15) is 30.3 Å². The molecule has 0 spiro atoms. The van der Waals surface area contributed by atoms with Crippen LogP contribution in [0.1, 0.15) is 264 Å². The van der Waals surface area contributed by atoms with Gasteiger partial charge in [-0.25, -0.2) is 0 Å². The third-order valence-corrected chi connectivity index (χ3v) is 13.4. The minimum atomic E-state index is -1.57. The largest absolute Gasteiger partial charge is 0.394 e. The number of aliphatic hydroxyl groups is 5.